The highest BCUT2D eigenvalue weighted by atomic mass is 32.2. The fourth-order valence-corrected chi connectivity index (χ4v) is 4.66. The van der Waals surface area contributed by atoms with Gasteiger partial charge in [0, 0.05) is 30.4 Å². The van der Waals surface area contributed by atoms with Crippen LogP contribution in [-0.4, -0.2) is 33.5 Å². The molecule has 0 saturated carbocycles. The van der Waals surface area contributed by atoms with E-state index < -0.39 is 10.0 Å². The van der Waals surface area contributed by atoms with Crippen LogP contribution < -0.4 is 15.4 Å². The monoisotopic (exact) mass is 387 g/mol. The van der Waals surface area contributed by atoms with Crippen molar-refractivity contribution < 1.29 is 13.2 Å². The van der Waals surface area contributed by atoms with Gasteiger partial charge in [-0.15, -0.1) is 0 Å². The number of amides is 1. The highest BCUT2D eigenvalue weighted by molar-refractivity contribution is 7.89. The van der Waals surface area contributed by atoms with Gasteiger partial charge in [-0.3, -0.25) is 4.79 Å². The quantitative estimate of drug-likeness (QED) is 0.710. The van der Waals surface area contributed by atoms with E-state index >= 15 is 0 Å². The molecular formula is C20H25N3O3S. The van der Waals surface area contributed by atoms with Crippen molar-refractivity contribution in [3.05, 3.63) is 59.2 Å². The Morgan fingerprint density at radius 3 is 2.26 bits per heavy atom. The average Bonchev–Trinajstić information content (AvgIpc) is 3.02. The van der Waals surface area contributed by atoms with Crippen LogP contribution in [-0.2, 0) is 22.9 Å². The molecule has 3 rings (SSSR count). The number of anilines is 1. The smallest absolute Gasteiger partial charge is 0.251 e. The van der Waals surface area contributed by atoms with Gasteiger partial charge >= 0.3 is 0 Å². The molecule has 0 fully saturated rings. The van der Waals surface area contributed by atoms with Crippen LogP contribution in [0, 0.1) is 0 Å². The van der Waals surface area contributed by atoms with Gasteiger partial charge in [0.15, 0.2) is 0 Å². The molecular weight excluding hydrogens is 362 g/mol. The number of benzene rings is 2. The average molecular weight is 388 g/mol. The van der Waals surface area contributed by atoms with Gasteiger partial charge in [0.25, 0.3) is 5.91 Å². The molecule has 3 N–H and O–H groups in total. The summed E-state index contributed by atoms with van der Waals surface area (Å²) in [7, 11) is -2.00. The molecule has 27 heavy (non-hydrogen) atoms. The minimum absolute atomic E-state index is 0.0157. The first-order chi connectivity index (χ1) is 12.8. The van der Waals surface area contributed by atoms with E-state index in [1.54, 1.807) is 27.0 Å². The Labute approximate surface area is 160 Å². The molecule has 0 spiro atoms. The minimum atomic E-state index is -3.69. The van der Waals surface area contributed by atoms with E-state index in [-0.39, 0.29) is 22.9 Å². The van der Waals surface area contributed by atoms with Gasteiger partial charge in [-0.25, -0.2) is 13.1 Å². The van der Waals surface area contributed by atoms with Crippen LogP contribution in [0.15, 0.2) is 47.4 Å². The Balaban J connectivity index is 1.82. The zero-order valence-electron chi connectivity index (χ0n) is 15.7. The molecule has 0 atom stereocenters. The van der Waals surface area contributed by atoms with Gasteiger partial charge in [0.05, 0.1) is 4.90 Å². The van der Waals surface area contributed by atoms with E-state index in [1.807, 2.05) is 12.1 Å². The number of rotatable bonds is 6. The lowest BCUT2D eigenvalue weighted by atomic mass is 10.1. The second-order valence-electron chi connectivity index (χ2n) is 7.12. The van der Waals surface area contributed by atoms with Crippen molar-refractivity contribution in [2.75, 3.05) is 12.4 Å². The summed E-state index contributed by atoms with van der Waals surface area (Å²) in [5, 5.41) is 5.95. The number of hydrogen-bond donors (Lipinski definition) is 3. The third kappa shape index (κ3) is 4.48. The molecule has 1 aliphatic carbocycles. The largest absolute Gasteiger partial charge is 0.388 e. The molecule has 6 nitrogen and oxygen atoms in total. The predicted octanol–water partition coefficient (Wildman–Crippen LogP) is 2.31. The summed E-state index contributed by atoms with van der Waals surface area (Å²) in [6, 6.07) is 12.5. The van der Waals surface area contributed by atoms with E-state index in [0.29, 0.717) is 11.3 Å². The number of fused-ring (bicyclic) bond motifs is 1. The van der Waals surface area contributed by atoms with Crippen molar-refractivity contribution in [2.24, 2.45) is 0 Å². The van der Waals surface area contributed by atoms with Crippen LogP contribution in [0.25, 0.3) is 0 Å². The van der Waals surface area contributed by atoms with Crippen molar-refractivity contribution in [2.45, 2.75) is 43.7 Å². The molecule has 1 aliphatic rings. The molecule has 0 aliphatic heterocycles. The van der Waals surface area contributed by atoms with Crippen molar-refractivity contribution in [3.63, 3.8) is 0 Å². The van der Waals surface area contributed by atoms with E-state index in [0.717, 1.165) is 12.8 Å². The van der Waals surface area contributed by atoms with Gasteiger partial charge in [-0.2, -0.15) is 0 Å². The number of sulfonamides is 1. The number of carbonyl (C=O) groups is 1. The summed E-state index contributed by atoms with van der Waals surface area (Å²) in [5.74, 6) is -0.272. The predicted molar refractivity (Wildman–Crippen MR) is 107 cm³/mol. The van der Waals surface area contributed by atoms with Crippen molar-refractivity contribution in [3.8, 4) is 0 Å². The van der Waals surface area contributed by atoms with Crippen LogP contribution >= 0.6 is 0 Å². The molecule has 0 unspecified atom stereocenters. The summed E-state index contributed by atoms with van der Waals surface area (Å²) in [5.41, 5.74) is 3.38. The lowest BCUT2D eigenvalue weighted by molar-refractivity contribution is 0.0938. The van der Waals surface area contributed by atoms with E-state index in [1.165, 1.54) is 23.3 Å². The minimum Gasteiger partial charge on any atom is -0.388 e. The Kier molecular flexibility index (Phi) is 5.53. The molecule has 0 saturated heterocycles. The van der Waals surface area contributed by atoms with Gasteiger partial charge < -0.3 is 10.6 Å². The second kappa shape index (κ2) is 7.70. The molecule has 0 heterocycles. The molecule has 2 aromatic rings. The molecule has 0 radical (unpaired) electrons. The van der Waals surface area contributed by atoms with E-state index in [2.05, 4.69) is 27.5 Å². The van der Waals surface area contributed by atoms with Crippen molar-refractivity contribution >= 4 is 21.6 Å². The molecule has 144 valence electrons. The van der Waals surface area contributed by atoms with Crippen molar-refractivity contribution in [1.82, 2.24) is 10.0 Å². The van der Waals surface area contributed by atoms with Gasteiger partial charge in [-0.05, 0) is 56.0 Å². The van der Waals surface area contributed by atoms with E-state index in [9.17, 15) is 13.2 Å². The number of carbonyl (C=O) groups excluding carboxylic acids is 1. The highest BCUT2D eigenvalue weighted by Crippen LogP contribution is 2.23. The number of hydrogen-bond acceptors (Lipinski definition) is 4. The lowest BCUT2D eigenvalue weighted by Crippen LogP contribution is -2.35. The fourth-order valence-electron chi connectivity index (χ4n) is 3.34. The van der Waals surface area contributed by atoms with Crippen LogP contribution in [0.4, 0.5) is 5.69 Å². The van der Waals surface area contributed by atoms with Gasteiger partial charge in [0.2, 0.25) is 10.0 Å². The number of nitrogens with one attached hydrogen (secondary N) is 3. The molecule has 0 aromatic heterocycles. The zero-order chi connectivity index (χ0) is 19.6. The molecule has 0 bridgehead atoms. The third-order valence-electron chi connectivity index (χ3n) is 4.54. The summed E-state index contributed by atoms with van der Waals surface area (Å²) in [4.78, 5) is 12.8. The SMILES string of the molecule is CNc1cc(C(=O)NC2Cc3ccccc3C2)cc(S(=O)(=O)NC(C)C)c1. The van der Waals surface area contributed by atoms with Crippen LogP contribution in [0.1, 0.15) is 35.3 Å². The summed E-state index contributed by atoms with van der Waals surface area (Å²) in [6.45, 7) is 3.51. The summed E-state index contributed by atoms with van der Waals surface area (Å²) >= 11 is 0. The topological polar surface area (TPSA) is 87.3 Å². The Hall–Kier alpha value is -2.38. The van der Waals surface area contributed by atoms with Gasteiger partial charge in [0.1, 0.15) is 0 Å². The normalized spacial score (nSPS) is 14.2. The maximum absolute atomic E-state index is 12.8. The summed E-state index contributed by atoms with van der Waals surface area (Å²) in [6.07, 6.45) is 1.57. The fraction of sp³-hybridized carbons (Fsp3) is 0.350. The molecule has 7 heteroatoms. The first-order valence-corrected chi connectivity index (χ1v) is 10.5. The molecule has 2 aromatic carbocycles. The Morgan fingerprint density at radius 1 is 1.07 bits per heavy atom. The van der Waals surface area contributed by atoms with Crippen LogP contribution in [0.3, 0.4) is 0 Å². The standard InChI is InChI=1S/C20H25N3O3S/c1-13(2)23-27(25,26)19-11-16(10-17(12-19)21-3)20(24)22-18-8-14-6-4-5-7-15(14)9-18/h4-7,10-13,18,21,23H,8-9H2,1-3H3,(H,22,24). The lowest BCUT2D eigenvalue weighted by Gasteiger charge is -2.15. The Morgan fingerprint density at radius 2 is 1.70 bits per heavy atom. The van der Waals surface area contributed by atoms with E-state index in [4.69, 9.17) is 0 Å². The maximum Gasteiger partial charge on any atom is 0.251 e. The second-order valence-corrected chi connectivity index (χ2v) is 8.83. The highest BCUT2D eigenvalue weighted by Gasteiger charge is 2.24. The zero-order valence-corrected chi connectivity index (χ0v) is 16.6. The van der Waals surface area contributed by atoms with Crippen molar-refractivity contribution in [1.29, 1.82) is 0 Å². The third-order valence-corrected chi connectivity index (χ3v) is 6.18. The molecule has 1 amide bonds. The van der Waals surface area contributed by atoms with Gasteiger partial charge in [-0.1, -0.05) is 24.3 Å². The first-order valence-electron chi connectivity index (χ1n) is 9.01. The van der Waals surface area contributed by atoms with Crippen LogP contribution in [0.5, 0.6) is 0 Å². The summed E-state index contributed by atoms with van der Waals surface area (Å²) < 4.78 is 27.6. The Bertz CT molecular complexity index is 930. The maximum atomic E-state index is 12.8. The van der Waals surface area contributed by atoms with Crippen LogP contribution in [0.2, 0.25) is 0 Å². The first kappa shape index (κ1) is 19.4.